The van der Waals surface area contributed by atoms with Crippen molar-refractivity contribution in [3.63, 3.8) is 0 Å². The van der Waals surface area contributed by atoms with E-state index in [9.17, 15) is 4.79 Å². The van der Waals surface area contributed by atoms with Gasteiger partial charge in [-0.15, -0.1) is 0 Å². The first kappa shape index (κ1) is 12.3. The van der Waals surface area contributed by atoms with Crippen molar-refractivity contribution in [3.8, 4) is 5.69 Å². The van der Waals surface area contributed by atoms with Crippen molar-refractivity contribution in [1.29, 1.82) is 0 Å². The fraction of sp³-hybridized carbons (Fsp3) is 0.231. The third-order valence-electron chi connectivity index (χ3n) is 2.63. The summed E-state index contributed by atoms with van der Waals surface area (Å²) in [5.41, 5.74) is 2.61. The molecular formula is C13H14N2O3. The molecule has 0 unspecified atom stereocenters. The van der Waals surface area contributed by atoms with Gasteiger partial charge in [0.2, 0.25) is 0 Å². The molecule has 1 aromatic carbocycles. The van der Waals surface area contributed by atoms with E-state index < -0.39 is 5.97 Å². The molecule has 0 fully saturated rings. The van der Waals surface area contributed by atoms with E-state index in [1.165, 1.54) is 0 Å². The number of carboxylic acid groups (broad SMARTS) is 1. The first-order valence-electron chi connectivity index (χ1n) is 5.50. The Balaban J connectivity index is 2.51. The van der Waals surface area contributed by atoms with Crippen molar-refractivity contribution in [3.05, 3.63) is 47.3 Å². The predicted molar refractivity (Wildman–Crippen MR) is 66.0 cm³/mol. The molecule has 1 N–H and O–H groups in total. The Morgan fingerprint density at radius 3 is 2.78 bits per heavy atom. The Hall–Kier alpha value is -2.14. The highest BCUT2D eigenvalue weighted by atomic mass is 16.5. The smallest absolute Gasteiger partial charge is 0.356 e. The number of methoxy groups -OCH3 is 1. The van der Waals surface area contributed by atoms with Gasteiger partial charge in [0.1, 0.15) is 0 Å². The van der Waals surface area contributed by atoms with Gasteiger partial charge in [0, 0.05) is 18.4 Å². The van der Waals surface area contributed by atoms with E-state index in [4.69, 9.17) is 9.84 Å². The molecule has 5 nitrogen and oxygen atoms in total. The molecule has 2 aromatic rings. The fourth-order valence-corrected chi connectivity index (χ4v) is 1.82. The number of nitrogens with zero attached hydrogens (tertiary/aromatic N) is 2. The van der Waals surface area contributed by atoms with E-state index in [-0.39, 0.29) is 5.69 Å². The highest BCUT2D eigenvalue weighted by molar-refractivity contribution is 5.85. The van der Waals surface area contributed by atoms with Crippen molar-refractivity contribution in [2.75, 3.05) is 7.11 Å². The van der Waals surface area contributed by atoms with E-state index in [1.54, 1.807) is 17.9 Å². The number of carbonyl (C=O) groups is 1. The van der Waals surface area contributed by atoms with Crippen LogP contribution in [0.1, 0.15) is 21.7 Å². The monoisotopic (exact) mass is 246 g/mol. The standard InChI is InChI=1S/C13H14N2O3/c1-9-7-11(13(16)17)14-15(9)12-6-4-3-5-10(12)8-18-2/h3-7H,8H2,1-2H3,(H,16,17). The minimum atomic E-state index is -1.03. The van der Waals surface area contributed by atoms with Gasteiger partial charge in [-0.3, -0.25) is 0 Å². The SMILES string of the molecule is COCc1ccccc1-n1nc(C(=O)O)cc1C. The number of hydrogen-bond acceptors (Lipinski definition) is 3. The molecular weight excluding hydrogens is 232 g/mol. The lowest BCUT2D eigenvalue weighted by molar-refractivity contribution is 0.0690. The Morgan fingerprint density at radius 2 is 2.17 bits per heavy atom. The van der Waals surface area contributed by atoms with Crippen LogP contribution < -0.4 is 0 Å². The first-order valence-corrected chi connectivity index (χ1v) is 5.50. The van der Waals surface area contributed by atoms with Gasteiger partial charge in [-0.05, 0) is 19.1 Å². The van der Waals surface area contributed by atoms with Crippen molar-refractivity contribution < 1.29 is 14.6 Å². The maximum Gasteiger partial charge on any atom is 0.356 e. The summed E-state index contributed by atoms with van der Waals surface area (Å²) in [7, 11) is 1.62. The number of benzene rings is 1. The number of rotatable bonds is 4. The van der Waals surface area contributed by atoms with E-state index in [2.05, 4.69) is 5.10 Å². The van der Waals surface area contributed by atoms with Crippen LogP contribution in [-0.2, 0) is 11.3 Å². The topological polar surface area (TPSA) is 64.4 Å². The summed E-state index contributed by atoms with van der Waals surface area (Å²) in [5, 5.41) is 13.0. The van der Waals surface area contributed by atoms with Crippen LogP contribution in [0.15, 0.2) is 30.3 Å². The molecule has 18 heavy (non-hydrogen) atoms. The molecule has 0 aliphatic rings. The summed E-state index contributed by atoms with van der Waals surface area (Å²) >= 11 is 0. The van der Waals surface area contributed by atoms with Crippen LogP contribution in [0.2, 0.25) is 0 Å². The Bertz CT molecular complexity index is 575. The summed E-state index contributed by atoms with van der Waals surface area (Å²) in [6, 6.07) is 9.16. The van der Waals surface area contributed by atoms with Crippen molar-refractivity contribution >= 4 is 5.97 Å². The third-order valence-corrected chi connectivity index (χ3v) is 2.63. The van der Waals surface area contributed by atoms with Gasteiger partial charge in [-0.1, -0.05) is 18.2 Å². The van der Waals surface area contributed by atoms with Gasteiger partial charge in [-0.25, -0.2) is 9.48 Å². The molecule has 0 saturated carbocycles. The molecule has 1 heterocycles. The zero-order valence-corrected chi connectivity index (χ0v) is 10.3. The summed E-state index contributed by atoms with van der Waals surface area (Å²) in [4.78, 5) is 10.9. The minimum absolute atomic E-state index is 0.0414. The zero-order valence-electron chi connectivity index (χ0n) is 10.3. The Labute approximate surface area is 105 Å². The summed E-state index contributed by atoms with van der Waals surface area (Å²) in [6.07, 6.45) is 0. The average Bonchev–Trinajstić information content (AvgIpc) is 2.73. The molecule has 0 amide bonds. The van der Waals surface area contributed by atoms with Gasteiger partial charge in [0.15, 0.2) is 5.69 Å². The van der Waals surface area contributed by atoms with Crippen LogP contribution in [-0.4, -0.2) is 28.0 Å². The molecule has 0 atom stereocenters. The largest absolute Gasteiger partial charge is 0.476 e. The van der Waals surface area contributed by atoms with Crippen LogP contribution >= 0.6 is 0 Å². The lowest BCUT2D eigenvalue weighted by atomic mass is 10.2. The summed E-state index contributed by atoms with van der Waals surface area (Å²) in [5.74, 6) is -1.03. The zero-order chi connectivity index (χ0) is 13.1. The van der Waals surface area contributed by atoms with Crippen molar-refractivity contribution in [1.82, 2.24) is 9.78 Å². The van der Waals surface area contributed by atoms with Gasteiger partial charge >= 0.3 is 5.97 Å². The molecule has 0 saturated heterocycles. The molecule has 0 aliphatic heterocycles. The normalized spacial score (nSPS) is 10.6. The van der Waals surface area contributed by atoms with E-state index in [1.807, 2.05) is 31.2 Å². The third kappa shape index (κ3) is 2.26. The summed E-state index contributed by atoms with van der Waals surface area (Å²) < 4.78 is 6.75. The van der Waals surface area contributed by atoms with Gasteiger partial charge < -0.3 is 9.84 Å². The molecule has 1 aromatic heterocycles. The first-order chi connectivity index (χ1) is 8.63. The van der Waals surface area contributed by atoms with Crippen LogP contribution in [0.4, 0.5) is 0 Å². The molecule has 0 aliphatic carbocycles. The number of aromatic nitrogens is 2. The average molecular weight is 246 g/mol. The second-order valence-corrected chi connectivity index (χ2v) is 3.95. The number of carboxylic acids is 1. The Kier molecular flexibility index (Phi) is 3.43. The molecule has 0 spiro atoms. The maximum atomic E-state index is 10.9. The van der Waals surface area contributed by atoms with E-state index in [0.717, 1.165) is 16.9 Å². The number of ether oxygens (including phenoxy) is 1. The summed E-state index contributed by atoms with van der Waals surface area (Å²) in [6.45, 7) is 2.28. The second kappa shape index (κ2) is 5.01. The quantitative estimate of drug-likeness (QED) is 0.896. The lowest BCUT2D eigenvalue weighted by Gasteiger charge is -2.10. The van der Waals surface area contributed by atoms with E-state index >= 15 is 0 Å². The highest BCUT2D eigenvalue weighted by Crippen LogP contribution is 2.17. The number of aromatic carboxylic acids is 1. The molecule has 5 heteroatoms. The molecule has 94 valence electrons. The maximum absolute atomic E-state index is 10.9. The van der Waals surface area contributed by atoms with Gasteiger partial charge in [0.05, 0.1) is 12.3 Å². The lowest BCUT2D eigenvalue weighted by Crippen LogP contribution is -2.05. The van der Waals surface area contributed by atoms with E-state index in [0.29, 0.717) is 6.61 Å². The molecule has 0 radical (unpaired) electrons. The Morgan fingerprint density at radius 1 is 1.44 bits per heavy atom. The predicted octanol–water partition coefficient (Wildman–Crippen LogP) is 2.03. The number of para-hydroxylation sites is 1. The van der Waals surface area contributed by atoms with Crippen LogP contribution in [0, 0.1) is 6.92 Å². The van der Waals surface area contributed by atoms with Crippen LogP contribution in [0.5, 0.6) is 0 Å². The number of aryl methyl sites for hydroxylation is 1. The fourth-order valence-electron chi connectivity index (χ4n) is 1.82. The molecule has 0 bridgehead atoms. The van der Waals surface area contributed by atoms with Gasteiger partial charge in [-0.2, -0.15) is 5.10 Å². The van der Waals surface area contributed by atoms with Crippen LogP contribution in [0.3, 0.4) is 0 Å². The minimum Gasteiger partial charge on any atom is -0.476 e. The molecule has 2 rings (SSSR count). The second-order valence-electron chi connectivity index (χ2n) is 3.95. The van der Waals surface area contributed by atoms with Gasteiger partial charge in [0.25, 0.3) is 0 Å². The van der Waals surface area contributed by atoms with Crippen LogP contribution in [0.25, 0.3) is 5.69 Å². The van der Waals surface area contributed by atoms with Crippen molar-refractivity contribution in [2.45, 2.75) is 13.5 Å². The van der Waals surface area contributed by atoms with Crippen molar-refractivity contribution in [2.24, 2.45) is 0 Å². The number of hydrogen-bond donors (Lipinski definition) is 1. The highest BCUT2D eigenvalue weighted by Gasteiger charge is 2.13.